The maximum atomic E-state index is 12.4. The van der Waals surface area contributed by atoms with Crippen LogP contribution in [0.15, 0.2) is 47.0 Å². The van der Waals surface area contributed by atoms with E-state index in [1.165, 1.54) is 32.4 Å². The smallest absolute Gasteiger partial charge is 0.387 e. The van der Waals surface area contributed by atoms with Gasteiger partial charge >= 0.3 is 12.6 Å². The van der Waals surface area contributed by atoms with Crippen LogP contribution in [-0.4, -0.2) is 36.9 Å². The number of esters is 1. The van der Waals surface area contributed by atoms with Gasteiger partial charge < -0.3 is 23.5 Å². The van der Waals surface area contributed by atoms with Gasteiger partial charge in [-0.25, -0.2) is 4.79 Å². The Bertz CT molecular complexity index is 992. The molecule has 0 N–H and O–H groups in total. The standard InChI is InChI=1S/C19H16F2N2O6/c1-25-13-6-4-3-5-12(13)17-22-16(29-23-17)10-27-18(24)11-7-8-14(28-19(20)21)15(9-11)26-2/h3-9,19H,10H2,1-2H3. The lowest BCUT2D eigenvalue weighted by molar-refractivity contribution is -0.0512. The number of benzene rings is 2. The Morgan fingerprint density at radius 1 is 1.07 bits per heavy atom. The summed E-state index contributed by atoms with van der Waals surface area (Å²) in [5, 5.41) is 3.85. The number of ether oxygens (including phenoxy) is 4. The van der Waals surface area contributed by atoms with Crippen LogP contribution in [0.1, 0.15) is 16.2 Å². The lowest BCUT2D eigenvalue weighted by atomic mass is 10.2. The van der Waals surface area contributed by atoms with Crippen LogP contribution in [0.3, 0.4) is 0 Å². The Morgan fingerprint density at radius 3 is 2.55 bits per heavy atom. The van der Waals surface area contributed by atoms with Crippen molar-refractivity contribution in [2.24, 2.45) is 0 Å². The third-order valence-corrected chi connectivity index (χ3v) is 3.76. The second kappa shape index (κ2) is 9.00. The average Bonchev–Trinajstić information content (AvgIpc) is 3.20. The molecule has 0 bridgehead atoms. The van der Waals surface area contributed by atoms with Gasteiger partial charge in [-0.2, -0.15) is 13.8 Å². The van der Waals surface area contributed by atoms with E-state index in [0.29, 0.717) is 11.3 Å². The molecule has 2 aromatic carbocycles. The summed E-state index contributed by atoms with van der Waals surface area (Å²) in [4.78, 5) is 16.4. The van der Waals surface area contributed by atoms with E-state index in [4.69, 9.17) is 18.7 Å². The number of alkyl halides is 2. The van der Waals surface area contributed by atoms with Crippen LogP contribution in [-0.2, 0) is 11.3 Å². The Kier molecular flexibility index (Phi) is 6.22. The predicted molar refractivity (Wildman–Crippen MR) is 95.0 cm³/mol. The van der Waals surface area contributed by atoms with Crippen molar-refractivity contribution in [3.8, 4) is 28.6 Å². The molecule has 0 fully saturated rings. The molecular weight excluding hydrogens is 390 g/mol. The fourth-order valence-electron chi connectivity index (χ4n) is 2.45. The second-order valence-corrected chi connectivity index (χ2v) is 5.53. The zero-order valence-corrected chi connectivity index (χ0v) is 15.4. The van der Waals surface area contributed by atoms with Crippen molar-refractivity contribution in [2.45, 2.75) is 13.2 Å². The first-order valence-corrected chi connectivity index (χ1v) is 8.27. The summed E-state index contributed by atoms with van der Waals surface area (Å²) < 4.78 is 49.5. The number of para-hydroxylation sites is 1. The van der Waals surface area contributed by atoms with Gasteiger partial charge in [0.25, 0.3) is 5.89 Å². The number of hydrogen-bond donors (Lipinski definition) is 0. The van der Waals surface area contributed by atoms with Gasteiger partial charge in [0, 0.05) is 0 Å². The largest absolute Gasteiger partial charge is 0.496 e. The van der Waals surface area contributed by atoms with Gasteiger partial charge in [0.2, 0.25) is 5.82 Å². The third kappa shape index (κ3) is 4.78. The molecule has 0 aliphatic rings. The van der Waals surface area contributed by atoms with E-state index >= 15 is 0 Å². The number of carbonyl (C=O) groups is 1. The van der Waals surface area contributed by atoms with Crippen LogP contribution in [0.25, 0.3) is 11.4 Å². The topological polar surface area (TPSA) is 92.9 Å². The van der Waals surface area contributed by atoms with Gasteiger partial charge in [0.15, 0.2) is 18.1 Å². The first-order chi connectivity index (χ1) is 14.0. The molecule has 29 heavy (non-hydrogen) atoms. The summed E-state index contributed by atoms with van der Waals surface area (Å²) in [7, 11) is 2.79. The molecule has 8 nitrogen and oxygen atoms in total. The Balaban J connectivity index is 1.68. The van der Waals surface area contributed by atoms with Gasteiger partial charge in [0.1, 0.15) is 5.75 Å². The quantitative estimate of drug-likeness (QED) is 0.523. The van der Waals surface area contributed by atoms with Crippen LogP contribution in [0, 0.1) is 0 Å². The SMILES string of the molecule is COc1cc(C(=O)OCc2nc(-c3ccccc3OC)no2)ccc1OC(F)F. The van der Waals surface area contributed by atoms with Crippen molar-refractivity contribution in [3.05, 3.63) is 53.9 Å². The summed E-state index contributed by atoms with van der Waals surface area (Å²) in [6.45, 7) is -3.30. The highest BCUT2D eigenvalue weighted by molar-refractivity contribution is 5.90. The minimum absolute atomic E-state index is 0.0315. The first kappa shape index (κ1) is 20.1. The van der Waals surface area contributed by atoms with Gasteiger partial charge in [-0.3, -0.25) is 0 Å². The normalized spacial score (nSPS) is 10.7. The molecule has 0 saturated carbocycles. The molecule has 152 valence electrons. The molecule has 0 aliphatic heterocycles. The summed E-state index contributed by atoms with van der Waals surface area (Å²) in [6, 6.07) is 10.8. The number of nitrogens with zero attached hydrogens (tertiary/aromatic N) is 2. The van der Waals surface area contributed by atoms with Crippen LogP contribution >= 0.6 is 0 Å². The molecule has 0 unspecified atom stereocenters. The maximum absolute atomic E-state index is 12.4. The minimum atomic E-state index is -3.02. The van der Waals surface area contributed by atoms with Crippen molar-refractivity contribution in [1.29, 1.82) is 0 Å². The molecule has 0 atom stereocenters. The number of methoxy groups -OCH3 is 2. The average molecular weight is 406 g/mol. The zero-order valence-electron chi connectivity index (χ0n) is 15.4. The van der Waals surface area contributed by atoms with Gasteiger partial charge in [-0.1, -0.05) is 17.3 Å². The van der Waals surface area contributed by atoms with Crippen molar-refractivity contribution in [3.63, 3.8) is 0 Å². The highest BCUT2D eigenvalue weighted by Crippen LogP contribution is 2.30. The summed E-state index contributed by atoms with van der Waals surface area (Å²) >= 11 is 0. The lowest BCUT2D eigenvalue weighted by Gasteiger charge is -2.10. The third-order valence-electron chi connectivity index (χ3n) is 3.76. The molecule has 0 radical (unpaired) electrons. The van der Waals surface area contributed by atoms with Gasteiger partial charge in [-0.05, 0) is 30.3 Å². The fourth-order valence-corrected chi connectivity index (χ4v) is 2.45. The molecule has 0 saturated heterocycles. The Morgan fingerprint density at radius 2 is 1.83 bits per heavy atom. The number of carbonyl (C=O) groups excluding carboxylic acids is 1. The number of rotatable bonds is 8. The minimum Gasteiger partial charge on any atom is -0.496 e. The fraction of sp³-hybridized carbons (Fsp3) is 0.211. The molecule has 1 aromatic heterocycles. The summed E-state index contributed by atoms with van der Waals surface area (Å²) in [5.41, 5.74) is 0.698. The maximum Gasteiger partial charge on any atom is 0.387 e. The highest BCUT2D eigenvalue weighted by atomic mass is 19.3. The molecule has 3 aromatic rings. The van der Waals surface area contributed by atoms with E-state index < -0.39 is 12.6 Å². The van der Waals surface area contributed by atoms with Gasteiger partial charge in [0.05, 0.1) is 25.3 Å². The second-order valence-electron chi connectivity index (χ2n) is 5.53. The van der Waals surface area contributed by atoms with Crippen LogP contribution in [0.2, 0.25) is 0 Å². The molecule has 0 amide bonds. The van der Waals surface area contributed by atoms with E-state index in [2.05, 4.69) is 14.9 Å². The molecule has 0 spiro atoms. The van der Waals surface area contributed by atoms with E-state index in [0.717, 1.165) is 0 Å². The van der Waals surface area contributed by atoms with Crippen LogP contribution in [0.5, 0.6) is 17.2 Å². The molecule has 0 aliphatic carbocycles. The lowest BCUT2D eigenvalue weighted by Crippen LogP contribution is -2.07. The van der Waals surface area contributed by atoms with Crippen molar-refractivity contribution >= 4 is 5.97 Å². The summed E-state index contributed by atoms with van der Waals surface area (Å²) in [5.74, 6) is -0.0417. The van der Waals surface area contributed by atoms with E-state index in [-0.39, 0.29) is 35.4 Å². The van der Waals surface area contributed by atoms with Crippen molar-refractivity contribution < 1.29 is 37.0 Å². The Labute approximate surface area is 164 Å². The predicted octanol–water partition coefficient (Wildman–Crippen LogP) is 3.71. The number of aromatic nitrogens is 2. The zero-order chi connectivity index (χ0) is 20.8. The monoisotopic (exact) mass is 406 g/mol. The highest BCUT2D eigenvalue weighted by Gasteiger charge is 2.17. The van der Waals surface area contributed by atoms with Crippen LogP contribution < -0.4 is 14.2 Å². The van der Waals surface area contributed by atoms with Crippen molar-refractivity contribution in [2.75, 3.05) is 14.2 Å². The molecule has 1 heterocycles. The number of hydrogen-bond acceptors (Lipinski definition) is 8. The van der Waals surface area contributed by atoms with E-state index in [1.807, 2.05) is 0 Å². The molecule has 10 heteroatoms. The van der Waals surface area contributed by atoms with E-state index in [9.17, 15) is 13.6 Å². The van der Waals surface area contributed by atoms with Gasteiger partial charge in [-0.15, -0.1) is 0 Å². The van der Waals surface area contributed by atoms with Crippen LogP contribution in [0.4, 0.5) is 8.78 Å². The van der Waals surface area contributed by atoms with Crippen molar-refractivity contribution in [1.82, 2.24) is 10.1 Å². The van der Waals surface area contributed by atoms with E-state index in [1.54, 1.807) is 24.3 Å². The molecular formula is C19H16F2N2O6. The molecule has 3 rings (SSSR count). The summed E-state index contributed by atoms with van der Waals surface area (Å²) in [6.07, 6.45) is 0. The first-order valence-electron chi connectivity index (χ1n) is 8.27. The number of halogens is 2. The Hall–Kier alpha value is -3.69.